The van der Waals surface area contributed by atoms with Gasteiger partial charge in [0.15, 0.2) is 0 Å². The maximum absolute atomic E-state index is 15.3. The molecule has 1 spiro atoms. The van der Waals surface area contributed by atoms with E-state index in [-0.39, 0.29) is 22.1 Å². The molecule has 1 unspecified atom stereocenters. The standard InChI is InChI=1S/C32H37F3N/c1-25-11-13-28(14-12-25)31(32(33,34)35,27-9-5-3-6-10-27)29-17-15-26(16-18-29)30(2)19-23-36(24-20-30)21-7-4-8-22-36/h3,5-6,9-18H,4,7-8,19-24H2,1-2H3/q+1. The molecule has 0 aromatic heterocycles. The molecule has 0 radical (unpaired) electrons. The van der Waals surface area contributed by atoms with Crippen molar-refractivity contribution in [2.45, 2.75) is 63.0 Å². The largest absolute Gasteiger partial charge is 0.406 e. The molecule has 0 saturated carbocycles. The monoisotopic (exact) mass is 492 g/mol. The molecule has 0 amide bonds. The van der Waals surface area contributed by atoms with Crippen molar-refractivity contribution in [3.8, 4) is 0 Å². The summed E-state index contributed by atoms with van der Waals surface area (Å²) in [6, 6.07) is 22.6. The van der Waals surface area contributed by atoms with E-state index >= 15 is 13.2 Å². The van der Waals surface area contributed by atoms with Crippen molar-refractivity contribution in [1.29, 1.82) is 0 Å². The minimum absolute atomic E-state index is 0.0109. The number of hydrogen-bond acceptors (Lipinski definition) is 0. The first kappa shape index (κ1) is 25.1. The van der Waals surface area contributed by atoms with Gasteiger partial charge in [-0.25, -0.2) is 0 Å². The first-order chi connectivity index (χ1) is 17.2. The van der Waals surface area contributed by atoms with Gasteiger partial charge in [0.05, 0.1) is 26.2 Å². The normalized spacial score (nSPS) is 21.1. The van der Waals surface area contributed by atoms with Gasteiger partial charge in [-0.2, -0.15) is 13.2 Å². The molecule has 2 heterocycles. The average Bonchev–Trinajstić information content (AvgIpc) is 2.88. The number of hydrogen-bond donors (Lipinski definition) is 0. The summed E-state index contributed by atoms with van der Waals surface area (Å²) in [5.74, 6) is 0. The Bertz CT molecular complexity index is 1150. The SMILES string of the molecule is Cc1ccc(C(c2ccccc2)(c2ccc(C3(C)CC[N+]4(CCCCC4)CC3)cc2)C(F)(F)F)cc1. The Labute approximate surface area is 213 Å². The number of nitrogens with zero attached hydrogens (tertiary/aromatic N) is 1. The summed E-state index contributed by atoms with van der Waals surface area (Å²) in [7, 11) is 0. The van der Waals surface area contributed by atoms with E-state index < -0.39 is 11.6 Å². The van der Waals surface area contributed by atoms with Crippen LogP contribution in [0.2, 0.25) is 0 Å². The van der Waals surface area contributed by atoms with Gasteiger partial charge < -0.3 is 4.48 Å². The van der Waals surface area contributed by atoms with Gasteiger partial charge in [-0.15, -0.1) is 0 Å². The summed E-state index contributed by atoms with van der Waals surface area (Å²) in [5, 5.41) is 0. The number of piperidine rings is 2. The molecule has 0 bridgehead atoms. The second kappa shape index (κ2) is 9.37. The zero-order valence-electron chi connectivity index (χ0n) is 21.5. The van der Waals surface area contributed by atoms with E-state index in [0.29, 0.717) is 0 Å². The number of aryl methyl sites for hydroxylation is 1. The third-order valence-electron chi connectivity index (χ3n) is 9.17. The van der Waals surface area contributed by atoms with Crippen molar-refractivity contribution in [1.82, 2.24) is 0 Å². The van der Waals surface area contributed by atoms with Crippen LogP contribution in [0.5, 0.6) is 0 Å². The van der Waals surface area contributed by atoms with Gasteiger partial charge in [-0.1, -0.05) is 91.3 Å². The van der Waals surface area contributed by atoms with Gasteiger partial charge in [0.1, 0.15) is 5.41 Å². The van der Waals surface area contributed by atoms with Gasteiger partial charge in [-0.05, 0) is 48.4 Å². The van der Waals surface area contributed by atoms with Crippen molar-refractivity contribution >= 4 is 0 Å². The van der Waals surface area contributed by atoms with Crippen LogP contribution in [0.25, 0.3) is 0 Å². The third-order valence-corrected chi connectivity index (χ3v) is 9.17. The van der Waals surface area contributed by atoms with Crippen molar-refractivity contribution in [2.75, 3.05) is 26.2 Å². The van der Waals surface area contributed by atoms with Crippen LogP contribution in [0.1, 0.15) is 66.8 Å². The maximum atomic E-state index is 15.3. The lowest BCUT2D eigenvalue weighted by Crippen LogP contribution is -2.58. The average molecular weight is 493 g/mol. The molecule has 1 nitrogen and oxygen atoms in total. The lowest BCUT2D eigenvalue weighted by molar-refractivity contribution is -0.938. The van der Waals surface area contributed by atoms with Crippen LogP contribution >= 0.6 is 0 Å². The molecule has 2 saturated heterocycles. The summed E-state index contributed by atoms with van der Waals surface area (Å²) in [6.45, 7) is 9.14. The summed E-state index contributed by atoms with van der Waals surface area (Å²) < 4.78 is 47.0. The van der Waals surface area contributed by atoms with Crippen LogP contribution in [-0.4, -0.2) is 36.8 Å². The number of halogens is 3. The highest BCUT2D eigenvalue weighted by Crippen LogP contribution is 2.51. The molecule has 2 fully saturated rings. The van der Waals surface area contributed by atoms with Crippen molar-refractivity contribution in [3.05, 3.63) is 107 Å². The predicted molar refractivity (Wildman–Crippen MR) is 140 cm³/mol. The number of benzene rings is 3. The lowest BCUT2D eigenvalue weighted by atomic mass is 9.67. The van der Waals surface area contributed by atoms with Crippen LogP contribution in [0, 0.1) is 6.92 Å². The topological polar surface area (TPSA) is 0 Å². The highest BCUT2D eigenvalue weighted by Gasteiger charge is 2.58. The summed E-state index contributed by atoms with van der Waals surface area (Å²) >= 11 is 0. The molecule has 5 rings (SSSR count). The van der Waals surface area contributed by atoms with Crippen LogP contribution in [0.3, 0.4) is 0 Å². The Balaban J connectivity index is 1.54. The van der Waals surface area contributed by atoms with E-state index in [1.807, 2.05) is 19.1 Å². The first-order valence-corrected chi connectivity index (χ1v) is 13.3. The van der Waals surface area contributed by atoms with E-state index in [1.165, 1.54) is 49.9 Å². The zero-order chi connectivity index (χ0) is 25.4. The third kappa shape index (κ3) is 4.28. The van der Waals surface area contributed by atoms with E-state index in [0.717, 1.165) is 24.0 Å². The Morgan fingerprint density at radius 2 is 1.14 bits per heavy atom. The van der Waals surface area contributed by atoms with Crippen molar-refractivity contribution in [3.63, 3.8) is 0 Å². The van der Waals surface area contributed by atoms with Crippen LogP contribution < -0.4 is 0 Å². The Morgan fingerprint density at radius 1 is 0.639 bits per heavy atom. The fourth-order valence-electron chi connectivity index (χ4n) is 6.73. The molecule has 36 heavy (non-hydrogen) atoms. The summed E-state index contributed by atoms with van der Waals surface area (Å²) in [4.78, 5) is 0. The van der Waals surface area contributed by atoms with E-state index in [4.69, 9.17) is 0 Å². The molecule has 3 aromatic rings. The Hall–Kier alpha value is -2.59. The molecule has 3 aromatic carbocycles. The fraction of sp³-hybridized carbons (Fsp3) is 0.438. The van der Waals surface area contributed by atoms with E-state index in [9.17, 15) is 0 Å². The number of quaternary nitrogens is 1. The zero-order valence-corrected chi connectivity index (χ0v) is 21.5. The molecule has 190 valence electrons. The molecule has 0 aliphatic carbocycles. The minimum atomic E-state index is -4.51. The van der Waals surface area contributed by atoms with Gasteiger partial charge in [0.25, 0.3) is 0 Å². The quantitative estimate of drug-likeness (QED) is 0.256. The molecule has 2 aliphatic rings. The molecule has 2 aliphatic heterocycles. The van der Waals surface area contributed by atoms with Gasteiger partial charge >= 0.3 is 6.18 Å². The van der Waals surface area contributed by atoms with E-state index in [2.05, 4.69) is 6.92 Å². The van der Waals surface area contributed by atoms with Crippen molar-refractivity contribution < 1.29 is 17.7 Å². The Kier molecular flexibility index (Phi) is 6.53. The predicted octanol–water partition coefficient (Wildman–Crippen LogP) is 7.94. The summed E-state index contributed by atoms with van der Waals surface area (Å²) in [6.07, 6.45) is 1.67. The summed E-state index contributed by atoms with van der Waals surface area (Å²) in [5.41, 5.74) is 0.655. The maximum Gasteiger partial charge on any atom is 0.406 e. The number of alkyl halides is 3. The molecule has 4 heteroatoms. The highest BCUT2D eigenvalue weighted by atomic mass is 19.4. The van der Waals surface area contributed by atoms with Crippen LogP contribution in [-0.2, 0) is 10.8 Å². The second-order valence-corrected chi connectivity index (χ2v) is 11.4. The van der Waals surface area contributed by atoms with E-state index in [1.54, 1.807) is 66.7 Å². The molecule has 0 N–H and O–H groups in total. The minimum Gasteiger partial charge on any atom is -0.324 e. The fourth-order valence-corrected chi connectivity index (χ4v) is 6.73. The second-order valence-electron chi connectivity index (χ2n) is 11.4. The van der Waals surface area contributed by atoms with Gasteiger partial charge in [-0.3, -0.25) is 0 Å². The first-order valence-electron chi connectivity index (χ1n) is 13.3. The Morgan fingerprint density at radius 3 is 1.67 bits per heavy atom. The molecule has 1 atom stereocenters. The van der Waals surface area contributed by atoms with Gasteiger partial charge in [0.2, 0.25) is 0 Å². The van der Waals surface area contributed by atoms with Gasteiger partial charge in [0, 0.05) is 18.3 Å². The smallest absolute Gasteiger partial charge is 0.324 e. The highest BCUT2D eigenvalue weighted by molar-refractivity contribution is 5.53. The van der Waals surface area contributed by atoms with Crippen molar-refractivity contribution in [2.24, 2.45) is 0 Å². The lowest BCUT2D eigenvalue weighted by Gasteiger charge is -2.49. The van der Waals surface area contributed by atoms with Crippen LogP contribution in [0.15, 0.2) is 78.9 Å². The molecular weight excluding hydrogens is 455 g/mol. The number of rotatable bonds is 4. The van der Waals surface area contributed by atoms with Crippen LogP contribution in [0.4, 0.5) is 13.2 Å². The molecular formula is C32H37F3N+.